The molecule has 2 aromatic rings. The molecule has 2 aromatic carbocycles. The summed E-state index contributed by atoms with van der Waals surface area (Å²) in [7, 11) is 0. The van der Waals surface area contributed by atoms with Gasteiger partial charge in [-0.2, -0.15) is 0 Å². The van der Waals surface area contributed by atoms with Crippen molar-refractivity contribution >= 4 is 79.4 Å². The second-order valence-electron chi connectivity index (χ2n) is 6.75. The molecule has 30 heavy (non-hydrogen) atoms. The van der Waals surface area contributed by atoms with Crippen LogP contribution in [0, 0.1) is 0 Å². The molecular formula is C22H20BrClN2O2S2. The van der Waals surface area contributed by atoms with E-state index in [9.17, 15) is 9.59 Å². The number of hydrogen-bond donors (Lipinski definition) is 1. The third kappa shape index (κ3) is 6.67. The number of amides is 2. The average Bonchev–Trinajstić information content (AvgIpc) is 2.96. The number of carbonyl (C=O) groups excluding carboxylic acids is 2. The van der Waals surface area contributed by atoms with E-state index >= 15 is 0 Å². The number of nitrogens with zero attached hydrogens (tertiary/aromatic N) is 1. The molecule has 1 aliphatic heterocycles. The molecule has 0 aliphatic carbocycles. The van der Waals surface area contributed by atoms with E-state index < -0.39 is 0 Å². The van der Waals surface area contributed by atoms with Crippen LogP contribution in [0.25, 0.3) is 6.08 Å². The molecule has 4 nitrogen and oxygen atoms in total. The van der Waals surface area contributed by atoms with Gasteiger partial charge in [-0.05, 0) is 54.8 Å². The first-order chi connectivity index (χ1) is 14.4. The Morgan fingerprint density at radius 1 is 1.17 bits per heavy atom. The Bertz CT molecular complexity index is 979. The van der Waals surface area contributed by atoms with Crippen LogP contribution >= 0.6 is 51.5 Å². The lowest BCUT2D eigenvalue weighted by molar-refractivity contribution is -0.122. The highest BCUT2D eigenvalue weighted by molar-refractivity contribution is 9.10. The summed E-state index contributed by atoms with van der Waals surface area (Å²) in [5.74, 6) is -0.0723. The monoisotopic (exact) mass is 522 g/mol. The number of thiocarbonyl (C=S) groups is 1. The summed E-state index contributed by atoms with van der Waals surface area (Å²) in [6.45, 7) is 0.565. The Morgan fingerprint density at radius 2 is 1.93 bits per heavy atom. The fourth-order valence-electron chi connectivity index (χ4n) is 2.93. The van der Waals surface area contributed by atoms with Crippen molar-refractivity contribution in [3.05, 3.63) is 68.5 Å². The van der Waals surface area contributed by atoms with Crippen LogP contribution in [0.15, 0.2) is 57.9 Å². The number of anilines is 1. The summed E-state index contributed by atoms with van der Waals surface area (Å²) in [4.78, 5) is 27.0. The van der Waals surface area contributed by atoms with Crippen LogP contribution in [0.3, 0.4) is 0 Å². The highest BCUT2D eigenvalue weighted by Gasteiger charge is 2.31. The van der Waals surface area contributed by atoms with Gasteiger partial charge in [-0.1, -0.05) is 76.1 Å². The van der Waals surface area contributed by atoms with E-state index in [0.717, 1.165) is 35.0 Å². The molecule has 0 atom stereocenters. The quantitative estimate of drug-likeness (QED) is 0.244. The van der Waals surface area contributed by atoms with Gasteiger partial charge in [-0.3, -0.25) is 14.5 Å². The average molecular weight is 524 g/mol. The Kier molecular flexibility index (Phi) is 8.50. The molecule has 1 N–H and O–H groups in total. The lowest BCUT2D eigenvalue weighted by atomic mass is 10.1. The molecule has 1 aliphatic rings. The number of nitrogens with one attached hydrogen (secondary N) is 1. The number of unbranched alkanes of at least 4 members (excludes halogenated alkanes) is 2. The minimum atomic E-state index is -0.0626. The number of hydrogen-bond acceptors (Lipinski definition) is 4. The van der Waals surface area contributed by atoms with E-state index in [-0.39, 0.29) is 11.8 Å². The minimum Gasteiger partial charge on any atom is -0.326 e. The lowest BCUT2D eigenvalue weighted by Gasteiger charge is -2.14. The van der Waals surface area contributed by atoms with Crippen LogP contribution < -0.4 is 5.32 Å². The smallest absolute Gasteiger partial charge is 0.266 e. The van der Waals surface area contributed by atoms with Crippen molar-refractivity contribution in [2.24, 2.45) is 0 Å². The van der Waals surface area contributed by atoms with E-state index in [0.29, 0.717) is 27.2 Å². The highest BCUT2D eigenvalue weighted by atomic mass is 79.9. The Hall–Kier alpha value is -1.67. The summed E-state index contributed by atoms with van der Waals surface area (Å²) in [5.41, 5.74) is 1.69. The summed E-state index contributed by atoms with van der Waals surface area (Å²) in [5, 5.41) is 3.55. The zero-order valence-electron chi connectivity index (χ0n) is 16.1. The molecule has 0 radical (unpaired) electrons. The molecule has 3 rings (SSSR count). The van der Waals surface area contributed by atoms with Gasteiger partial charge in [0.1, 0.15) is 4.32 Å². The predicted octanol–water partition coefficient (Wildman–Crippen LogP) is 6.50. The molecule has 1 fully saturated rings. The van der Waals surface area contributed by atoms with E-state index in [4.69, 9.17) is 23.8 Å². The SMILES string of the molecule is O=C(CCCCCN1C(=O)C(=Cc2ccc(Cl)cc2)SC1=S)Nc1cccc(Br)c1. The summed E-state index contributed by atoms with van der Waals surface area (Å²) in [6, 6.07) is 14.8. The Balaban J connectivity index is 1.41. The van der Waals surface area contributed by atoms with E-state index in [2.05, 4.69) is 21.2 Å². The Labute approximate surface area is 199 Å². The largest absolute Gasteiger partial charge is 0.326 e. The zero-order chi connectivity index (χ0) is 21.5. The van der Waals surface area contributed by atoms with Crippen molar-refractivity contribution in [3.8, 4) is 0 Å². The first kappa shape index (κ1) is 23.0. The summed E-state index contributed by atoms with van der Waals surface area (Å²) in [6.07, 6.45) is 4.68. The second kappa shape index (κ2) is 11.1. The van der Waals surface area contributed by atoms with Gasteiger partial charge >= 0.3 is 0 Å². The molecular weight excluding hydrogens is 504 g/mol. The zero-order valence-corrected chi connectivity index (χ0v) is 20.0. The molecule has 2 amide bonds. The fourth-order valence-corrected chi connectivity index (χ4v) is 4.76. The summed E-state index contributed by atoms with van der Waals surface area (Å²) < 4.78 is 1.50. The van der Waals surface area contributed by atoms with Crippen LogP contribution in [0.1, 0.15) is 31.2 Å². The topological polar surface area (TPSA) is 49.4 Å². The number of rotatable bonds is 8. The third-order valence-electron chi connectivity index (χ3n) is 4.44. The first-order valence-corrected chi connectivity index (χ1v) is 11.9. The van der Waals surface area contributed by atoms with Crippen molar-refractivity contribution in [2.45, 2.75) is 25.7 Å². The molecule has 156 valence electrons. The molecule has 0 bridgehead atoms. The van der Waals surface area contributed by atoms with E-state index in [1.807, 2.05) is 42.5 Å². The van der Waals surface area contributed by atoms with Gasteiger partial charge in [0.25, 0.3) is 5.91 Å². The fraction of sp³-hybridized carbons (Fsp3) is 0.227. The predicted molar refractivity (Wildman–Crippen MR) is 133 cm³/mol. The molecule has 0 unspecified atom stereocenters. The maximum Gasteiger partial charge on any atom is 0.266 e. The van der Waals surface area contributed by atoms with E-state index in [1.165, 1.54) is 11.8 Å². The highest BCUT2D eigenvalue weighted by Crippen LogP contribution is 2.33. The van der Waals surface area contributed by atoms with Crippen molar-refractivity contribution in [1.29, 1.82) is 0 Å². The van der Waals surface area contributed by atoms with E-state index in [1.54, 1.807) is 17.0 Å². The molecule has 0 saturated carbocycles. The first-order valence-electron chi connectivity index (χ1n) is 9.49. The van der Waals surface area contributed by atoms with Gasteiger partial charge in [0.05, 0.1) is 4.91 Å². The third-order valence-corrected chi connectivity index (χ3v) is 6.56. The van der Waals surface area contributed by atoms with Gasteiger partial charge in [0, 0.05) is 28.1 Å². The van der Waals surface area contributed by atoms with Gasteiger partial charge < -0.3 is 5.32 Å². The maximum atomic E-state index is 12.6. The van der Waals surface area contributed by atoms with Crippen LogP contribution in [0.5, 0.6) is 0 Å². The second-order valence-corrected chi connectivity index (χ2v) is 9.78. The van der Waals surface area contributed by atoms with Crippen molar-refractivity contribution in [3.63, 3.8) is 0 Å². The lowest BCUT2D eigenvalue weighted by Crippen LogP contribution is -2.29. The van der Waals surface area contributed by atoms with Crippen molar-refractivity contribution in [2.75, 3.05) is 11.9 Å². The minimum absolute atomic E-state index is 0.00962. The number of halogens is 2. The molecule has 1 saturated heterocycles. The normalized spacial score (nSPS) is 15.1. The van der Waals surface area contributed by atoms with Gasteiger partial charge in [0.2, 0.25) is 5.91 Å². The molecule has 0 spiro atoms. The number of benzene rings is 2. The molecule has 0 aromatic heterocycles. The van der Waals surface area contributed by atoms with Crippen molar-refractivity contribution in [1.82, 2.24) is 4.90 Å². The molecule has 8 heteroatoms. The molecule has 1 heterocycles. The summed E-state index contributed by atoms with van der Waals surface area (Å²) >= 11 is 16.0. The number of carbonyl (C=O) groups is 2. The van der Waals surface area contributed by atoms with Crippen LogP contribution in [-0.4, -0.2) is 27.6 Å². The van der Waals surface area contributed by atoms with Crippen LogP contribution in [-0.2, 0) is 9.59 Å². The Morgan fingerprint density at radius 3 is 2.67 bits per heavy atom. The standard InChI is InChI=1S/C22H20BrClN2O2S2/c23-16-5-4-6-18(14-16)25-20(27)7-2-1-3-12-26-21(28)19(30-22(26)29)13-15-8-10-17(24)11-9-15/h4-6,8-11,13-14H,1-3,7,12H2,(H,25,27). The van der Waals surface area contributed by atoms with Gasteiger partial charge in [-0.25, -0.2) is 0 Å². The number of thioether (sulfide) groups is 1. The van der Waals surface area contributed by atoms with Gasteiger partial charge in [0.15, 0.2) is 0 Å². The van der Waals surface area contributed by atoms with Gasteiger partial charge in [-0.15, -0.1) is 0 Å². The van der Waals surface area contributed by atoms with Crippen molar-refractivity contribution < 1.29 is 9.59 Å². The van der Waals surface area contributed by atoms with Crippen LogP contribution in [0.2, 0.25) is 5.02 Å². The van der Waals surface area contributed by atoms with Crippen LogP contribution in [0.4, 0.5) is 5.69 Å². The maximum absolute atomic E-state index is 12.6.